The van der Waals surface area contributed by atoms with Gasteiger partial charge >= 0.3 is 0 Å². The van der Waals surface area contributed by atoms with Crippen molar-refractivity contribution in [2.24, 2.45) is 11.7 Å². The Hall–Kier alpha value is -0.580. The van der Waals surface area contributed by atoms with Crippen molar-refractivity contribution in [2.45, 2.75) is 19.4 Å². The molecule has 94 valence electrons. The van der Waals surface area contributed by atoms with Gasteiger partial charge in [-0.3, -0.25) is 0 Å². The molecule has 3 nitrogen and oxygen atoms in total. The Morgan fingerprint density at radius 2 is 2.35 bits per heavy atom. The Labute approximate surface area is 111 Å². The molecule has 1 aromatic carbocycles. The summed E-state index contributed by atoms with van der Waals surface area (Å²) in [4.78, 5) is 0. The quantitative estimate of drug-likeness (QED) is 0.898. The minimum Gasteiger partial charge on any atom is -0.381 e. The Morgan fingerprint density at radius 1 is 1.53 bits per heavy atom. The first-order valence-electron chi connectivity index (χ1n) is 6.00. The minimum absolute atomic E-state index is 0.297. The molecule has 0 amide bonds. The molecule has 1 aliphatic rings. The molecule has 0 aromatic heterocycles. The zero-order valence-corrected chi connectivity index (χ0v) is 11.7. The van der Waals surface area contributed by atoms with Crippen molar-refractivity contribution in [3.8, 4) is 0 Å². The summed E-state index contributed by atoms with van der Waals surface area (Å²) in [5, 5.41) is 3.52. The molecule has 1 aliphatic heterocycles. The van der Waals surface area contributed by atoms with E-state index in [9.17, 15) is 0 Å². The second-order valence-electron chi connectivity index (χ2n) is 4.63. The van der Waals surface area contributed by atoms with Crippen LogP contribution in [0.25, 0.3) is 0 Å². The van der Waals surface area contributed by atoms with E-state index in [1.54, 1.807) is 0 Å². The van der Waals surface area contributed by atoms with Crippen LogP contribution in [0.2, 0.25) is 0 Å². The molecule has 0 saturated carbocycles. The predicted octanol–water partition coefficient (Wildman–Crippen LogP) is 2.53. The highest BCUT2D eigenvalue weighted by Crippen LogP contribution is 2.23. The number of aryl methyl sites for hydroxylation is 1. The standard InChI is InChI=1S/C13H19BrN2O/c1-9-4-11(14)6-12(5-9)16-13(7-15)10-2-3-17-8-10/h4-6,10,13,16H,2-3,7-8,15H2,1H3. The molecule has 0 bridgehead atoms. The lowest BCUT2D eigenvalue weighted by Crippen LogP contribution is -2.36. The van der Waals surface area contributed by atoms with Crippen LogP contribution in [-0.2, 0) is 4.74 Å². The molecule has 2 unspecified atom stereocenters. The highest BCUT2D eigenvalue weighted by Gasteiger charge is 2.24. The number of hydrogen-bond donors (Lipinski definition) is 2. The van der Waals surface area contributed by atoms with Gasteiger partial charge in [-0.1, -0.05) is 15.9 Å². The van der Waals surface area contributed by atoms with Crippen LogP contribution in [0.1, 0.15) is 12.0 Å². The van der Waals surface area contributed by atoms with Gasteiger partial charge in [0.15, 0.2) is 0 Å². The molecule has 1 saturated heterocycles. The molecule has 4 heteroatoms. The fraction of sp³-hybridized carbons (Fsp3) is 0.538. The zero-order valence-electron chi connectivity index (χ0n) is 10.1. The maximum atomic E-state index is 5.85. The summed E-state index contributed by atoms with van der Waals surface area (Å²) in [5.41, 5.74) is 8.21. The summed E-state index contributed by atoms with van der Waals surface area (Å²) < 4.78 is 6.52. The summed E-state index contributed by atoms with van der Waals surface area (Å²) in [6.45, 7) is 4.41. The number of anilines is 1. The van der Waals surface area contributed by atoms with Crippen LogP contribution < -0.4 is 11.1 Å². The number of nitrogens with two attached hydrogens (primary N) is 1. The van der Waals surface area contributed by atoms with Crippen LogP contribution in [0, 0.1) is 12.8 Å². The fourth-order valence-electron chi connectivity index (χ4n) is 2.27. The van der Waals surface area contributed by atoms with Gasteiger partial charge in [0.25, 0.3) is 0 Å². The van der Waals surface area contributed by atoms with Crippen LogP contribution in [0.3, 0.4) is 0 Å². The number of benzene rings is 1. The Balaban J connectivity index is 2.06. The van der Waals surface area contributed by atoms with E-state index in [-0.39, 0.29) is 0 Å². The van der Waals surface area contributed by atoms with E-state index in [1.165, 1.54) is 5.56 Å². The molecule has 1 aromatic rings. The van der Waals surface area contributed by atoms with Crippen molar-refractivity contribution >= 4 is 21.6 Å². The first-order chi connectivity index (χ1) is 8.19. The van der Waals surface area contributed by atoms with Crippen LogP contribution in [0.4, 0.5) is 5.69 Å². The van der Waals surface area contributed by atoms with E-state index >= 15 is 0 Å². The van der Waals surface area contributed by atoms with Crippen LogP contribution in [0.15, 0.2) is 22.7 Å². The Morgan fingerprint density at radius 3 is 2.94 bits per heavy atom. The lowest BCUT2D eigenvalue weighted by molar-refractivity contribution is 0.182. The molecular weight excluding hydrogens is 280 g/mol. The van der Waals surface area contributed by atoms with Gasteiger partial charge in [0.2, 0.25) is 0 Å². The number of ether oxygens (including phenoxy) is 1. The summed E-state index contributed by atoms with van der Waals surface area (Å²) in [5.74, 6) is 0.527. The third-order valence-corrected chi connectivity index (χ3v) is 3.64. The normalized spacial score (nSPS) is 21.5. The zero-order chi connectivity index (χ0) is 12.3. The topological polar surface area (TPSA) is 47.3 Å². The van der Waals surface area contributed by atoms with Crippen molar-refractivity contribution in [1.82, 2.24) is 0 Å². The summed E-state index contributed by atoms with van der Waals surface area (Å²) in [6, 6.07) is 6.63. The molecule has 1 heterocycles. The average Bonchev–Trinajstić information content (AvgIpc) is 2.77. The Kier molecular flexibility index (Phi) is 4.42. The van der Waals surface area contributed by atoms with Crippen LogP contribution in [-0.4, -0.2) is 25.8 Å². The summed E-state index contributed by atoms with van der Waals surface area (Å²) in [7, 11) is 0. The molecule has 0 spiro atoms. The first kappa shape index (κ1) is 12.9. The number of rotatable bonds is 4. The average molecular weight is 299 g/mol. The van der Waals surface area contributed by atoms with Crippen molar-refractivity contribution in [2.75, 3.05) is 25.1 Å². The molecular formula is C13H19BrN2O. The molecule has 0 aliphatic carbocycles. The van der Waals surface area contributed by atoms with E-state index in [2.05, 4.69) is 46.4 Å². The van der Waals surface area contributed by atoms with Gasteiger partial charge in [-0.25, -0.2) is 0 Å². The summed E-state index contributed by atoms with van der Waals surface area (Å²) >= 11 is 3.51. The second-order valence-corrected chi connectivity index (χ2v) is 5.54. The highest BCUT2D eigenvalue weighted by molar-refractivity contribution is 9.10. The third kappa shape index (κ3) is 3.44. The van der Waals surface area contributed by atoms with Crippen molar-refractivity contribution in [3.63, 3.8) is 0 Å². The maximum absolute atomic E-state index is 5.85. The van der Waals surface area contributed by atoms with Gasteiger partial charge < -0.3 is 15.8 Å². The highest BCUT2D eigenvalue weighted by atomic mass is 79.9. The first-order valence-corrected chi connectivity index (χ1v) is 6.80. The fourth-order valence-corrected chi connectivity index (χ4v) is 2.88. The molecule has 1 fully saturated rings. The minimum atomic E-state index is 0.297. The number of hydrogen-bond acceptors (Lipinski definition) is 3. The lowest BCUT2D eigenvalue weighted by atomic mass is 9.99. The van der Waals surface area contributed by atoms with Gasteiger partial charge in [0.05, 0.1) is 6.61 Å². The van der Waals surface area contributed by atoms with Gasteiger partial charge in [-0.05, 0) is 37.1 Å². The van der Waals surface area contributed by atoms with E-state index in [0.717, 1.165) is 29.8 Å². The molecule has 3 N–H and O–H groups in total. The van der Waals surface area contributed by atoms with E-state index in [1.807, 2.05) is 0 Å². The van der Waals surface area contributed by atoms with Crippen molar-refractivity contribution < 1.29 is 4.74 Å². The number of nitrogens with one attached hydrogen (secondary N) is 1. The Bertz CT molecular complexity index is 357. The molecule has 2 atom stereocenters. The van der Waals surface area contributed by atoms with E-state index in [0.29, 0.717) is 18.5 Å². The van der Waals surface area contributed by atoms with Crippen LogP contribution in [0.5, 0.6) is 0 Å². The third-order valence-electron chi connectivity index (χ3n) is 3.18. The lowest BCUT2D eigenvalue weighted by Gasteiger charge is -2.23. The van der Waals surface area contributed by atoms with Gasteiger partial charge in [0.1, 0.15) is 0 Å². The SMILES string of the molecule is Cc1cc(Br)cc(NC(CN)C2CCOC2)c1. The van der Waals surface area contributed by atoms with Gasteiger partial charge in [-0.15, -0.1) is 0 Å². The van der Waals surface area contributed by atoms with Crippen molar-refractivity contribution in [1.29, 1.82) is 0 Å². The van der Waals surface area contributed by atoms with E-state index in [4.69, 9.17) is 10.5 Å². The molecule has 0 radical (unpaired) electrons. The largest absolute Gasteiger partial charge is 0.381 e. The molecule has 17 heavy (non-hydrogen) atoms. The maximum Gasteiger partial charge on any atom is 0.0515 e. The van der Waals surface area contributed by atoms with Crippen molar-refractivity contribution in [3.05, 3.63) is 28.2 Å². The van der Waals surface area contributed by atoms with Gasteiger partial charge in [-0.2, -0.15) is 0 Å². The smallest absolute Gasteiger partial charge is 0.0515 e. The predicted molar refractivity (Wildman–Crippen MR) is 74.3 cm³/mol. The number of halogens is 1. The van der Waals surface area contributed by atoms with Crippen LogP contribution >= 0.6 is 15.9 Å². The molecule has 2 rings (SSSR count). The van der Waals surface area contributed by atoms with Gasteiger partial charge in [0, 0.05) is 35.3 Å². The monoisotopic (exact) mass is 298 g/mol. The van der Waals surface area contributed by atoms with E-state index < -0.39 is 0 Å². The summed E-state index contributed by atoms with van der Waals surface area (Å²) in [6.07, 6.45) is 1.10. The second kappa shape index (κ2) is 5.85.